The van der Waals surface area contributed by atoms with Crippen LogP contribution >= 0.6 is 11.6 Å². The second kappa shape index (κ2) is 7.25. The van der Waals surface area contributed by atoms with E-state index in [-0.39, 0.29) is 11.3 Å². The van der Waals surface area contributed by atoms with Gasteiger partial charge in [0, 0.05) is 0 Å². The lowest BCUT2D eigenvalue weighted by Crippen LogP contribution is -2.41. The van der Waals surface area contributed by atoms with Crippen LogP contribution in [0, 0.1) is 6.92 Å². The maximum Gasteiger partial charge on any atom is 0.188 e. The van der Waals surface area contributed by atoms with E-state index in [0.717, 1.165) is 11.1 Å². The molecule has 0 spiro atoms. The number of halogens is 1. The predicted octanol–water partition coefficient (Wildman–Crippen LogP) is 2.47. The van der Waals surface area contributed by atoms with Crippen LogP contribution in [0.25, 0.3) is 0 Å². The summed E-state index contributed by atoms with van der Waals surface area (Å²) in [5, 5.41) is -1.31. The zero-order chi connectivity index (χ0) is 17.0. The third-order valence-corrected chi connectivity index (χ3v) is 5.87. The summed E-state index contributed by atoms with van der Waals surface area (Å²) in [4.78, 5) is 12.4. The molecule has 0 saturated carbocycles. The maximum absolute atomic E-state index is 12.9. The van der Waals surface area contributed by atoms with E-state index < -0.39 is 26.4 Å². The van der Waals surface area contributed by atoms with Crippen LogP contribution in [0.2, 0.25) is 0 Å². The Hall–Kier alpha value is -1.69. The van der Waals surface area contributed by atoms with Crippen LogP contribution in [-0.4, -0.2) is 25.0 Å². The highest BCUT2D eigenvalue weighted by Crippen LogP contribution is 2.22. The van der Waals surface area contributed by atoms with Crippen molar-refractivity contribution < 1.29 is 13.2 Å². The standard InChI is InChI=1S/C17H18ClNO3S/c1-12-7-9-14(10-8-12)23(21,22)15(16(20)17(18)19)11-13-5-3-2-4-6-13/h2-10,15,17H,11,19H2,1H3. The number of carbonyl (C=O) groups excluding carboxylic acids is 1. The first-order valence-corrected chi connectivity index (χ1v) is 9.08. The molecule has 0 bridgehead atoms. The number of Topliss-reactive ketones (excluding diaryl/α,β-unsaturated/α-hetero) is 1. The first-order chi connectivity index (χ1) is 10.8. The van der Waals surface area contributed by atoms with E-state index in [1.54, 1.807) is 36.4 Å². The molecule has 122 valence electrons. The Morgan fingerprint density at radius 3 is 2.17 bits per heavy atom. The quantitative estimate of drug-likeness (QED) is 0.640. The molecule has 4 nitrogen and oxygen atoms in total. The van der Waals surface area contributed by atoms with Gasteiger partial charge in [-0.25, -0.2) is 8.42 Å². The first-order valence-electron chi connectivity index (χ1n) is 7.10. The molecule has 0 saturated heterocycles. The fourth-order valence-electron chi connectivity index (χ4n) is 2.26. The zero-order valence-electron chi connectivity index (χ0n) is 12.6. The van der Waals surface area contributed by atoms with Crippen molar-refractivity contribution in [3.8, 4) is 0 Å². The number of rotatable bonds is 6. The normalized spacial score (nSPS) is 14.2. The predicted molar refractivity (Wildman–Crippen MR) is 91.1 cm³/mol. The Morgan fingerprint density at radius 1 is 1.09 bits per heavy atom. The molecule has 0 aliphatic heterocycles. The van der Waals surface area contributed by atoms with Gasteiger partial charge in [-0.15, -0.1) is 0 Å². The summed E-state index contributed by atoms with van der Waals surface area (Å²) < 4.78 is 25.7. The average Bonchev–Trinajstić information content (AvgIpc) is 2.53. The number of alkyl halides is 1. The van der Waals surface area contributed by atoms with E-state index in [1.807, 2.05) is 13.0 Å². The fourth-order valence-corrected chi connectivity index (χ4v) is 4.20. The van der Waals surface area contributed by atoms with Gasteiger partial charge in [0.2, 0.25) is 0 Å². The van der Waals surface area contributed by atoms with Crippen LogP contribution in [0.4, 0.5) is 0 Å². The summed E-state index contributed by atoms with van der Waals surface area (Å²) in [5.74, 6) is -0.698. The lowest BCUT2D eigenvalue weighted by Gasteiger charge is -2.18. The van der Waals surface area contributed by atoms with Crippen molar-refractivity contribution in [1.82, 2.24) is 0 Å². The van der Waals surface area contributed by atoms with Crippen molar-refractivity contribution in [1.29, 1.82) is 0 Å². The van der Waals surface area contributed by atoms with Gasteiger partial charge in [0.05, 0.1) is 4.90 Å². The van der Waals surface area contributed by atoms with Gasteiger partial charge < -0.3 is 5.73 Å². The third kappa shape index (κ3) is 4.19. The van der Waals surface area contributed by atoms with Gasteiger partial charge in [-0.3, -0.25) is 4.79 Å². The number of hydrogen-bond donors (Lipinski definition) is 1. The smallest absolute Gasteiger partial charge is 0.188 e. The fraction of sp³-hybridized carbons (Fsp3) is 0.235. The molecule has 2 aromatic rings. The number of sulfone groups is 1. The Labute approximate surface area is 141 Å². The number of nitrogens with two attached hydrogens (primary N) is 1. The highest BCUT2D eigenvalue weighted by Gasteiger charge is 2.36. The molecule has 0 aromatic heterocycles. The minimum Gasteiger partial charge on any atom is -0.309 e. The molecule has 0 amide bonds. The number of aryl methyl sites for hydroxylation is 1. The molecule has 2 aromatic carbocycles. The minimum absolute atomic E-state index is 0.0380. The van der Waals surface area contributed by atoms with Crippen LogP contribution in [-0.2, 0) is 21.1 Å². The highest BCUT2D eigenvalue weighted by atomic mass is 35.5. The minimum atomic E-state index is -3.87. The number of ketones is 1. The molecule has 0 fully saturated rings. The molecule has 2 N–H and O–H groups in total. The van der Waals surface area contributed by atoms with Crippen LogP contribution in [0.5, 0.6) is 0 Å². The van der Waals surface area contributed by atoms with Crippen molar-refractivity contribution in [3.63, 3.8) is 0 Å². The lowest BCUT2D eigenvalue weighted by atomic mass is 10.1. The van der Waals surface area contributed by atoms with Crippen LogP contribution < -0.4 is 5.73 Å². The monoisotopic (exact) mass is 351 g/mol. The molecular weight excluding hydrogens is 334 g/mol. The zero-order valence-corrected chi connectivity index (χ0v) is 14.2. The molecule has 0 aliphatic carbocycles. The average molecular weight is 352 g/mol. The van der Waals surface area contributed by atoms with Crippen molar-refractivity contribution in [2.45, 2.75) is 29.0 Å². The topological polar surface area (TPSA) is 77.2 Å². The van der Waals surface area contributed by atoms with Crippen LogP contribution in [0.3, 0.4) is 0 Å². The van der Waals surface area contributed by atoms with E-state index in [1.165, 1.54) is 12.1 Å². The van der Waals surface area contributed by atoms with Gasteiger partial charge in [-0.05, 0) is 31.0 Å². The van der Waals surface area contributed by atoms with Gasteiger partial charge in [0.25, 0.3) is 0 Å². The second-order valence-electron chi connectivity index (χ2n) is 5.34. The van der Waals surface area contributed by atoms with E-state index in [9.17, 15) is 13.2 Å². The van der Waals surface area contributed by atoms with E-state index in [2.05, 4.69) is 0 Å². The highest BCUT2D eigenvalue weighted by molar-refractivity contribution is 7.92. The van der Waals surface area contributed by atoms with E-state index in [0.29, 0.717) is 0 Å². The summed E-state index contributed by atoms with van der Waals surface area (Å²) in [6.45, 7) is 1.86. The van der Waals surface area contributed by atoms with Gasteiger partial charge in [0.15, 0.2) is 15.6 Å². The van der Waals surface area contributed by atoms with Crippen LogP contribution in [0.1, 0.15) is 11.1 Å². The number of benzene rings is 2. The molecular formula is C17H18ClNO3S. The molecule has 0 radical (unpaired) electrons. The Balaban J connectivity index is 2.43. The van der Waals surface area contributed by atoms with Gasteiger partial charge >= 0.3 is 0 Å². The Bertz CT molecular complexity index is 771. The summed E-state index contributed by atoms with van der Waals surface area (Å²) in [6, 6.07) is 15.3. The summed E-state index contributed by atoms with van der Waals surface area (Å²) in [7, 11) is -3.87. The molecule has 6 heteroatoms. The van der Waals surface area contributed by atoms with Gasteiger partial charge in [-0.1, -0.05) is 59.6 Å². The van der Waals surface area contributed by atoms with Gasteiger partial charge in [-0.2, -0.15) is 0 Å². The third-order valence-electron chi connectivity index (χ3n) is 3.58. The Morgan fingerprint density at radius 2 is 1.65 bits per heavy atom. The summed E-state index contributed by atoms with van der Waals surface area (Å²) in [6.07, 6.45) is 0.0380. The molecule has 0 aliphatic rings. The van der Waals surface area contributed by atoms with Crippen molar-refractivity contribution in [3.05, 3.63) is 65.7 Å². The molecule has 2 unspecified atom stereocenters. The summed E-state index contributed by atoms with van der Waals surface area (Å²) in [5.41, 5.74) is 5.75. The molecule has 2 atom stereocenters. The molecule has 0 heterocycles. The van der Waals surface area contributed by atoms with E-state index >= 15 is 0 Å². The number of hydrogen-bond acceptors (Lipinski definition) is 4. The van der Waals surface area contributed by atoms with Gasteiger partial charge in [0.1, 0.15) is 10.8 Å². The second-order valence-corrected chi connectivity index (χ2v) is 7.94. The number of carbonyl (C=O) groups is 1. The van der Waals surface area contributed by atoms with E-state index in [4.69, 9.17) is 17.3 Å². The maximum atomic E-state index is 12.9. The molecule has 2 rings (SSSR count). The molecule has 23 heavy (non-hydrogen) atoms. The first kappa shape index (κ1) is 17.7. The lowest BCUT2D eigenvalue weighted by molar-refractivity contribution is -0.118. The SMILES string of the molecule is Cc1ccc(S(=O)(=O)C(Cc2ccccc2)C(=O)C(N)Cl)cc1. The van der Waals surface area contributed by atoms with Crippen molar-refractivity contribution in [2.75, 3.05) is 0 Å². The van der Waals surface area contributed by atoms with Crippen molar-refractivity contribution in [2.24, 2.45) is 5.73 Å². The Kier molecular flexibility index (Phi) is 5.57. The van der Waals surface area contributed by atoms with Crippen LogP contribution in [0.15, 0.2) is 59.5 Å². The van der Waals surface area contributed by atoms with Crippen molar-refractivity contribution >= 4 is 27.2 Å². The largest absolute Gasteiger partial charge is 0.309 e. The summed E-state index contributed by atoms with van der Waals surface area (Å²) >= 11 is 5.67.